The first-order valence-electron chi connectivity index (χ1n) is 5.30. The molecular formula is C12H11F2N3O. The lowest BCUT2D eigenvalue weighted by Gasteiger charge is -2.05. The summed E-state index contributed by atoms with van der Waals surface area (Å²) in [7, 11) is 0. The molecule has 18 heavy (non-hydrogen) atoms. The highest BCUT2D eigenvalue weighted by molar-refractivity contribution is 5.94. The maximum absolute atomic E-state index is 13.3. The monoisotopic (exact) mass is 251 g/mol. The molecule has 0 aliphatic heterocycles. The molecule has 0 saturated carbocycles. The quantitative estimate of drug-likeness (QED) is 0.875. The normalized spacial score (nSPS) is 10.4. The zero-order valence-electron chi connectivity index (χ0n) is 9.63. The molecule has 0 spiro atoms. The van der Waals surface area contributed by atoms with E-state index in [9.17, 15) is 13.6 Å². The van der Waals surface area contributed by atoms with E-state index < -0.39 is 11.6 Å². The minimum absolute atomic E-state index is 0.0763. The van der Waals surface area contributed by atoms with Crippen molar-refractivity contribution in [1.29, 1.82) is 0 Å². The van der Waals surface area contributed by atoms with Crippen molar-refractivity contribution in [2.45, 2.75) is 13.5 Å². The smallest absolute Gasteiger partial charge is 0.255 e. The van der Waals surface area contributed by atoms with Crippen molar-refractivity contribution in [3.63, 3.8) is 0 Å². The van der Waals surface area contributed by atoms with Gasteiger partial charge in [0, 0.05) is 17.8 Å². The number of carbonyl (C=O) groups excluding carboxylic acids is 1. The number of hydrogen-bond donors (Lipinski definition) is 2. The number of H-pyrrole nitrogens is 1. The van der Waals surface area contributed by atoms with E-state index in [0.717, 1.165) is 18.2 Å². The van der Waals surface area contributed by atoms with Crippen LogP contribution in [0.2, 0.25) is 0 Å². The fraction of sp³-hybridized carbons (Fsp3) is 0.167. The highest BCUT2D eigenvalue weighted by Gasteiger charge is 2.11. The second-order valence-corrected chi connectivity index (χ2v) is 3.83. The molecular weight excluding hydrogens is 240 g/mol. The third kappa shape index (κ3) is 2.53. The highest BCUT2D eigenvalue weighted by atomic mass is 19.1. The van der Waals surface area contributed by atoms with Crippen molar-refractivity contribution in [2.75, 3.05) is 0 Å². The Morgan fingerprint density at radius 3 is 2.89 bits per heavy atom. The lowest BCUT2D eigenvalue weighted by molar-refractivity contribution is 0.0950. The van der Waals surface area contributed by atoms with E-state index in [4.69, 9.17) is 0 Å². The van der Waals surface area contributed by atoms with Crippen LogP contribution in [0.4, 0.5) is 8.78 Å². The van der Waals surface area contributed by atoms with Crippen LogP contribution < -0.4 is 5.32 Å². The molecule has 94 valence electrons. The minimum atomic E-state index is -0.555. The average Bonchev–Trinajstić information content (AvgIpc) is 2.76. The summed E-state index contributed by atoms with van der Waals surface area (Å²) in [6.45, 7) is 1.62. The zero-order chi connectivity index (χ0) is 13.1. The van der Waals surface area contributed by atoms with Crippen molar-refractivity contribution in [2.24, 2.45) is 0 Å². The van der Waals surface area contributed by atoms with Crippen LogP contribution in [0, 0.1) is 18.6 Å². The van der Waals surface area contributed by atoms with Crippen LogP contribution in [0.3, 0.4) is 0 Å². The molecule has 4 nitrogen and oxygen atoms in total. The van der Waals surface area contributed by atoms with E-state index in [-0.39, 0.29) is 18.0 Å². The van der Waals surface area contributed by atoms with Crippen LogP contribution in [0.25, 0.3) is 0 Å². The minimum Gasteiger partial charge on any atom is -0.348 e. The maximum Gasteiger partial charge on any atom is 0.255 e. The summed E-state index contributed by atoms with van der Waals surface area (Å²) in [6.07, 6.45) is 1.38. The van der Waals surface area contributed by atoms with Gasteiger partial charge in [0.25, 0.3) is 5.91 Å². The zero-order valence-corrected chi connectivity index (χ0v) is 9.63. The average molecular weight is 251 g/mol. The Labute approximate surface area is 102 Å². The van der Waals surface area contributed by atoms with Gasteiger partial charge in [0.05, 0.1) is 11.8 Å². The SMILES string of the molecule is Cc1[nH]ncc1C(=O)NCc1cc(F)ccc1F. The summed E-state index contributed by atoms with van der Waals surface area (Å²) >= 11 is 0. The Morgan fingerprint density at radius 1 is 1.44 bits per heavy atom. The predicted octanol–water partition coefficient (Wildman–Crippen LogP) is 1.93. The molecule has 1 aromatic carbocycles. The van der Waals surface area contributed by atoms with Gasteiger partial charge in [-0.05, 0) is 25.1 Å². The molecule has 0 aliphatic rings. The Hall–Kier alpha value is -2.24. The van der Waals surface area contributed by atoms with Crippen molar-refractivity contribution in [3.8, 4) is 0 Å². The molecule has 0 bridgehead atoms. The van der Waals surface area contributed by atoms with Crippen LogP contribution in [0.15, 0.2) is 24.4 Å². The van der Waals surface area contributed by atoms with E-state index in [2.05, 4.69) is 15.5 Å². The molecule has 0 atom stereocenters. The number of aromatic amines is 1. The van der Waals surface area contributed by atoms with Gasteiger partial charge < -0.3 is 5.32 Å². The van der Waals surface area contributed by atoms with Crippen molar-refractivity contribution in [3.05, 3.63) is 52.9 Å². The molecule has 0 fully saturated rings. The van der Waals surface area contributed by atoms with E-state index in [1.54, 1.807) is 6.92 Å². The number of aryl methyl sites for hydroxylation is 1. The predicted molar refractivity (Wildman–Crippen MR) is 60.9 cm³/mol. The van der Waals surface area contributed by atoms with Gasteiger partial charge in [0.2, 0.25) is 0 Å². The molecule has 1 heterocycles. The molecule has 1 amide bonds. The van der Waals surface area contributed by atoms with Gasteiger partial charge in [0.1, 0.15) is 11.6 Å². The summed E-state index contributed by atoms with van der Waals surface area (Å²) < 4.78 is 26.2. The number of rotatable bonds is 3. The lowest BCUT2D eigenvalue weighted by atomic mass is 10.2. The fourth-order valence-corrected chi connectivity index (χ4v) is 1.53. The summed E-state index contributed by atoms with van der Waals surface area (Å²) in [6, 6.07) is 3.11. The summed E-state index contributed by atoms with van der Waals surface area (Å²) in [4.78, 5) is 11.7. The van der Waals surface area contributed by atoms with Crippen LogP contribution in [0.5, 0.6) is 0 Å². The van der Waals surface area contributed by atoms with Crippen LogP contribution >= 0.6 is 0 Å². The van der Waals surface area contributed by atoms with E-state index in [0.29, 0.717) is 11.3 Å². The molecule has 2 rings (SSSR count). The van der Waals surface area contributed by atoms with Crippen LogP contribution in [-0.2, 0) is 6.54 Å². The van der Waals surface area contributed by atoms with E-state index in [1.807, 2.05) is 0 Å². The Bertz CT molecular complexity index is 580. The van der Waals surface area contributed by atoms with Gasteiger partial charge in [-0.15, -0.1) is 0 Å². The standard InChI is InChI=1S/C12H11F2N3O/c1-7-10(6-16-17-7)12(18)15-5-8-4-9(13)2-3-11(8)14/h2-4,6H,5H2,1H3,(H,15,18)(H,16,17). The van der Waals surface area contributed by atoms with Crippen LogP contribution in [0.1, 0.15) is 21.6 Å². The van der Waals surface area contributed by atoms with E-state index >= 15 is 0 Å². The molecule has 0 unspecified atom stereocenters. The summed E-state index contributed by atoms with van der Waals surface area (Å²) in [5, 5.41) is 8.84. The number of amides is 1. The number of nitrogens with zero attached hydrogens (tertiary/aromatic N) is 1. The first kappa shape index (κ1) is 12.2. The molecule has 0 aliphatic carbocycles. The number of carbonyl (C=O) groups is 1. The maximum atomic E-state index is 13.3. The molecule has 6 heteroatoms. The first-order valence-corrected chi connectivity index (χ1v) is 5.30. The summed E-state index contributed by atoms with van der Waals surface area (Å²) in [5.74, 6) is -1.48. The number of aromatic nitrogens is 2. The second kappa shape index (κ2) is 4.95. The molecule has 0 radical (unpaired) electrons. The Morgan fingerprint density at radius 2 is 2.22 bits per heavy atom. The largest absolute Gasteiger partial charge is 0.348 e. The first-order chi connectivity index (χ1) is 8.58. The second-order valence-electron chi connectivity index (χ2n) is 3.83. The third-order valence-corrected chi connectivity index (χ3v) is 2.52. The van der Waals surface area contributed by atoms with Crippen molar-refractivity contribution in [1.82, 2.24) is 15.5 Å². The van der Waals surface area contributed by atoms with Gasteiger partial charge in [-0.3, -0.25) is 9.89 Å². The third-order valence-electron chi connectivity index (χ3n) is 2.52. The molecule has 2 aromatic rings. The van der Waals surface area contributed by atoms with Crippen molar-refractivity contribution < 1.29 is 13.6 Å². The van der Waals surface area contributed by atoms with Gasteiger partial charge in [-0.2, -0.15) is 5.10 Å². The van der Waals surface area contributed by atoms with E-state index in [1.165, 1.54) is 6.20 Å². The van der Waals surface area contributed by atoms with Gasteiger partial charge in [0.15, 0.2) is 0 Å². The Balaban J connectivity index is 2.06. The number of halogens is 2. The molecule has 1 aromatic heterocycles. The summed E-state index contributed by atoms with van der Waals surface area (Å²) in [5.41, 5.74) is 1.10. The van der Waals surface area contributed by atoms with Crippen LogP contribution in [-0.4, -0.2) is 16.1 Å². The topological polar surface area (TPSA) is 57.8 Å². The number of benzene rings is 1. The highest BCUT2D eigenvalue weighted by Crippen LogP contribution is 2.10. The molecule has 0 saturated heterocycles. The number of hydrogen-bond acceptors (Lipinski definition) is 2. The Kier molecular flexibility index (Phi) is 3.36. The van der Waals surface area contributed by atoms with Gasteiger partial charge in [-0.1, -0.05) is 0 Å². The fourth-order valence-electron chi connectivity index (χ4n) is 1.53. The van der Waals surface area contributed by atoms with Crippen molar-refractivity contribution >= 4 is 5.91 Å². The molecule has 2 N–H and O–H groups in total. The lowest BCUT2D eigenvalue weighted by Crippen LogP contribution is -2.23. The van der Waals surface area contributed by atoms with Gasteiger partial charge in [-0.25, -0.2) is 8.78 Å². The van der Waals surface area contributed by atoms with Gasteiger partial charge >= 0.3 is 0 Å². The number of nitrogens with one attached hydrogen (secondary N) is 2.